The number of thiazole rings is 1. The number of nitrogen functional groups attached to an aromatic ring is 1. The number of nitrogens with two attached hydrogens (primary N) is 1. The van der Waals surface area contributed by atoms with Gasteiger partial charge < -0.3 is 20.7 Å². The van der Waals surface area contributed by atoms with Gasteiger partial charge in [0, 0.05) is 36.8 Å². The highest BCUT2D eigenvalue weighted by Crippen LogP contribution is 2.29. The molecule has 1 aromatic heterocycles. The van der Waals surface area contributed by atoms with Crippen molar-refractivity contribution in [1.82, 2.24) is 10.3 Å². The summed E-state index contributed by atoms with van der Waals surface area (Å²) < 4.78 is 5.46. The van der Waals surface area contributed by atoms with Crippen molar-refractivity contribution in [2.24, 2.45) is 0 Å². The third-order valence-corrected chi connectivity index (χ3v) is 4.88. The molecule has 1 aliphatic rings. The molecule has 3 N–H and O–H groups in total. The Morgan fingerprint density at radius 1 is 1.36 bits per heavy atom. The molecule has 1 saturated heterocycles. The van der Waals surface area contributed by atoms with Gasteiger partial charge in [-0.3, -0.25) is 0 Å². The fourth-order valence-electron chi connectivity index (χ4n) is 2.86. The average molecular weight is 318 g/mol. The van der Waals surface area contributed by atoms with E-state index in [4.69, 9.17) is 10.5 Å². The molecule has 5 nitrogen and oxygen atoms in total. The summed E-state index contributed by atoms with van der Waals surface area (Å²) in [6.07, 6.45) is 4.12. The Hall–Kier alpha value is -1.79. The van der Waals surface area contributed by atoms with Crippen LogP contribution in [-0.4, -0.2) is 31.2 Å². The first-order valence-corrected chi connectivity index (χ1v) is 8.39. The van der Waals surface area contributed by atoms with Crippen LogP contribution in [0.3, 0.4) is 0 Å². The third kappa shape index (κ3) is 3.51. The molecule has 1 aromatic carbocycles. The summed E-state index contributed by atoms with van der Waals surface area (Å²) in [5, 5.41) is 4.25. The van der Waals surface area contributed by atoms with Crippen LogP contribution in [-0.2, 0) is 6.54 Å². The van der Waals surface area contributed by atoms with Crippen LogP contribution in [0.4, 0.5) is 10.8 Å². The lowest BCUT2D eigenvalue weighted by Crippen LogP contribution is -2.42. The minimum atomic E-state index is 0.550. The van der Waals surface area contributed by atoms with Crippen molar-refractivity contribution < 1.29 is 4.74 Å². The quantitative estimate of drug-likeness (QED) is 0.887. The molecule has 2 aromatic rings. The molecule has 2 heterocycles. The molecule has 0 atom stereocenters. The van der Waals surface area contributed by atoms with Crippen molar-refractivity contribution in [1.29, 1.82) is 0 Å². The number of aromatic nitrogens is 1. The van der Waals surface area contributed by atoms with E-state index in [-0.39, 0.29) is 0 Å². The van der Waals surface area contributed by atoms with Crippen LogP contribution in [0, 0.1) is 0 Å². The number of piperidine rings is 1. The fourth-order valence-corrected chi connectivity index (χ4v) is 3.50. The maximum absolute atomic E-state index is 5.66. The Bertz CT molecular complexity index is 608. The van der Waals surface area contributed by atoms with Gasteiger partial charge in [0.25, 0.3) is 0 Å². The maximum Gasteiger partial charge on any atom is 0.180 e. The van der Waals surface area contributed by atoms with Gasteiger partial charge in [0.15, 0.2) is 5.13 Å². The lowest BCUT2D eigenvalue weighted by molar-refractivity contribution is 0.398. The highest BCUT2D eigenvalue weighted by molar-refractivity contribution is 7.15. The second kappa shape index (κ2) is 6.98. The number of benzene rings is 1. The molecule has 3 rings (SSSR count). The minimum Gasteiger partial charge on any atom is -0.495 e. The van der Waals surface area contributed by atoms with Gasteiger partial charge >= 0.3 is 0 Å². The van der Waals surface area contributed by atoms with Crippen LogP contribution in [0.1, 0.15) is 17.7 Å². The van der Waals surface area contributed by atoms with Crippen molar-refractivity contribution >= 4 is 22.2 Å². The van der Waals surface area contributed by atoms with Gasteiger partial charge in [-0.15, -0.1) is 11.3 Å². The van der Waals surface area contributed by atoms with Crippen molar-refractivity contribution in [2.45, 2.75) is 25.4 Å². The number of nitrogens with one attached hydrogen (secondary N) is 1. The summed E-state index contributed by atoms with van der Waals surface area (Å²) in [4.78, 5) is 7.69. The predicted molar refractivity (Wildman–Crippen MR) is 91.6 cm³/mol. The first-order valence-electron chi connectivity index (χ1n) is 7.58. The van der Waals surface area contributed by atoms with Crippen molar-refractivity contribution in [3.05, 3.63) is 35.3 Å². The third-order valence-electron chi connectivity index (χ3n) is 4.06. The summed E-state index contributed by atoms with van der Waals surface area (Å²) in [7, 11) is 1.73. The zero-order valence-corrected chi connectivity index (χ0v) is 13.6. The number of hydrogen-bond donors (Lipinski definition) is 2. The van der Waals surface area contributed by atoms with Crippen LogP contribution in [0.25, 0.3) is 0 Å². The molecular weight excluding hydrogens is 296 g/mol. The molecule has 118 valence electrons. The number of anilines is 2. The van der Waals surface area contributed by atoms with Crippen LogP contribution in [0.5, 0.6) is 5.75 Å². The summed E-state index contributed by atoms with van der Waals surface area (Å²) in [5.41, 5.74) is 6.85. The fraction of sp³-hybridized carbons (Fsp3) is 0.438. The summed E-state index contributed by atoms with van der Waals surface area (Å²) >= 11 is 1.56. The molecule has 0 unspecified atom stereocenters. The molecule has 6 heteroatoms. The van der Waals surface area contributed by atoms with E-state index >= 15 is 0 Å². The van der Waals surface area contributed by atoms with E-state index in [1.807, 2.05) is 18.3 Å². The van der Waals surface area contributed by atoms with Crippen molar-refractivity contribution in [3.8, 4) is 5.75 Å². The highest BCUT2D eigenvalue weighted by atomic mass is 32.1. The number of para-hydroxylation sites is 2. The monoisotopic (exact) mass is 318 g/mol. The topological polar surface area (TPSA) is 63.4 Å². The van der Waals surface area contributed by atoms with E-state index in [1.165, 1.54) is 10.6 Å². The van der Waals surface area contributed by atoms with E-state index in [2.05, 4.69) is 27.3 Å². The zero-order valence-electron chi connectivity index (χ0n) is 12.8. The van der Waals surface area contributed by atoms with Crippen LogP contribution >= 0.6 is 11.3 Å². The molecule has 0 spiro atoms. The zero-order chi connectivity index (χ0) is 15.4. The SMILES string of the molecule is COc1ccccc1N1CCC(NCc2cnc(N)s2)CC1. The molecule has 0 amide bonds. The average Bonchev–Trinajstić information content (AvgIpc) is 2.99. The van der Waals surface area contributed by atoms with Gasteiger partial charge in [0.05, 0.1) is 12.8 Å². The molecule has 1 aliphatic heterocycles. The van der Waals surface area contributed by atoms with E-state index in [1.54, 1.807) is 18.4 Å². The van der Waals surface area contributed by atoms with Gasteiger partial charge in [0.2, 0.25) is 0 Å². The number of nitrogens with zero attached hydrogens (tertiary/aromatic N) is 2. The highest BCUT2D eigenvalue weighted by Gasteiger charge is 2.21. The lowest BCUT2D eigenvalue weighted by atomic mass is 10.0. The number of methoxy groups -OCH3 is 1. The van der Waals surface area contributed by atoms with E-state index in [0.29, 0.717) is 11.2 Å². The second-order valence-electron chi connectivity index (χ2n) is 5.48. The van der Waals surface area contributed by atoms with Gasteiger partial charge in [-0.1, -0.05) is 12.1 Å². The van der Waals surface area contributed by atoms with Crippen LogP contribution < -0.4 is 20.7 Å². The predicted octanol–water partition coefficient (Wildman–Crippen LogP) is 2.49. The second-order valence-corrected chi connectivity index (χ2v) is 6.63. The van der Waals surface area contributed by atoms with Crippen LogP contribution in [0.2, 0.25) is 0 Å². The first kappa shape index (κ1) is 15.1. The smallest absolute Gasteiger partial charge is 0.180 e. The minimum absolute atomic E-state index is 0.550. The van der Waals surface area contributed by atoms with E-state index < -0.39 is 0 Å². The molecule has 22 heavy (non-hydrogen) atoms. The largest absolute Gasteiger partial charge is 0.495 e. The standard InChI is InChI=1S/C16H22N4OS/c1-21-15-5-3-2-4-14(15)20-8-6-12(7-9-20)18-10-13-11-19-16(17)22-13/h2-5,11-12,18H,6-10H2,1H3,(H2,17,19). The van der Waals surface area contributed by atoms with Crippen molar-refractivity contribution in [3.63, 3.8) is 0 Å². The Kier molecular flexibility index (Phi) is 4.80. The molecule has 1 fully saturated rings. The summed E-state index contributed by atoms with van der Waals surface area (Å²) in [6, 6.07) is 8.78. The van der Waals surface area contributed by atoms with Gasteiger partial charge in [-0.2, -0.15) is 0 Å². The van der Waals surface area contributed by atoms with Gasteiger partial charge in [-0.05, 0) is 25.0 Å². The van der Waals surface area contributed by atoms with Gasteiger partial charge in [-0.25, -0.2) is 4.98 Å². The van der Waals surface area contributed by atoms with Crippen molar-refractivity contribution in [2.75, 3.05) is 30.8 Å². The summed E-state index contributed by atoms with van der Waals surface area (Å²) in [5.74, 6) is 0.953. The number of rotatable bonds is 5. The Labute approximate surface area is 135 Å². The maximum atomic E-state index is 5.66. The number of ether oxygens (including phenoxy) is 1. The van der Waals surface area contributed by atoms with E-state index in [0.717, 1.165) is 38.2 Å². The van der Waals surface area contributed by atoms with Gasteiger partial charge in [0.1, 0.15) is 5.75 Å². The summed E-state index contributed by atoms with van der Waals surface area (Å²) in [6.45, 7) is 2.94. The Morgan fingerprint density at radius 2 is 2.14 bits per heavy atom. The Morgan fingerprint density at radius 3 is 2.82 bits per heavy atom. The lowest BCUT2D eigenvalue weighted by Gasteiger charge is -2.34. The molecule has 0 radical (unpaired) electrons. The molecular formula is C16H22N4OS. The molecule has 0 aliphatic carbocycles. The molecule has 0 bridgehead atoms. The first-order chi connectivity index (χ1) is 10.8. The number of hydrogen-bond acceptors (Lipinski definition) is 6. The molecule has 0 saturated carbocycles. The van der Waals surface area contributed by atoms with Crippen LogP contribution in [0.15, 0.2) is 30.5 Å². The van der Waals surface area contributed by atoms with E-state index in [9.17, 15) is 0 Å². The normalized spacial score (nSPS) is 16.0. The Balaban J connectivity index is 1.52.